The number of nitriles is 1. The third kappa shape index (κ3) is 4.26. The van der Waals surface area contributed by atoms with Crippen LogP contribution in [0.25, 0.3) is 28.0 Å². The summed E-state index contributed by atoms with van der Waals surface area (Å²) >= 11 is 1.48. The number of nitrogens with one attached hydrogen (secondary N) is 1. The normalized spacial score (nSPS) is 11.1. The lowest BCUT2D eigenvalue weighted by Crippen LogP contribution is -1.93. The molecule has 1 N–H and O–H groups in total. The Morgan fingerprint density at radius 3 is 2.28 bits per heavy atom. The van der Waals surface area contributed by atoms with Crippen LogP contribution in [0, 0.1) is 18.3 Å². The van der Waals surface area contributed by atoms with Crippen LogP contribution in [0.1, 0.15) is 10.6 Å². The van der Waals surface area contributed by atoms with Crippen LogP contribution in [0.4, 0.5) is 5.69 Å². The Hall–Kier alpha value is -3.68. The molecule has 4 heteroatoms. The number of anilines is 1. The minimum Gasteiger partial charge on any atom is -0.360 e. The number of hydrogen-bond donors (Lipinski definition) is 1. The Kier molecular flexibility index (Phi) is 5.51. The third-order valence-electron chi connectivity index (χ3n) is 4.66. The zero-order valence-electron chi connectivity index (χ0n) is 16.0. The summed E-state index contributed by atoms with van der Waals surface area (Å²) in [5, 5.41) is 15.5. The van der Waals surface area contributed by atoms with Crippen LogP contribution >= 0.6 is 11.3 Å². The monoisotopic (exact) mass is 393 g/mol. The molecule has 1 heterocycles. The minimum atomic E-state index is 0.519. The molecular weight excluding hydrogens is 374 g/mol. The number of para-hydroxylation sites is 1. The van der Waals surface area contributed by atoms with Crippen LogP contribution in [-0.2, 0) is 0 Å². The summed E-state index contributed by atoms with van der Waals surface area (Å²) in [6.45, 7) is 2.03. The van der Waals surface area contributed by atoms with Gasteiger partial charge in [-0.15, -0.1) is 11.3 Å². The second-order valence-corrected chi connectivity index (χ2v) is 7.47. The summed E-state index contributed by atoms with van der Waals surface area (Å²) in [6.07, 6.45) is 1.73. The van der Waals surface area contributed by atoms with Gasteiger partial charge >= 0.3 is 0 Å². The van der Waals surface area contributed by atoms with Crippen molar-refractivity contribution in [2.24, 2.45) is 0 Å². The first-order valence-electron chi connectivity index (χ1n) is 9.29. The van der Waals surface area contributed by atoms with E-state index in [0.29, 0.717) is 10.6 Å². The molecule has 0 radical (unpaired) electrons. The van der Waals surface area contributed by atoms with Crippen LogP contribution in [-0.4, -0.2) is 4.98 Å². The second kappa shape index (κ2) is 8.55. The van der Waals surface area contributed by atoms with E-state index >= 15 is 0 Å². The first kappa shape index (κ1) is 18.7. The van der Waals surface area contributed by atoms with E-state index in [4.69, 9.17) is 0 Å². The van der Waals surface area contributed by atoms with E-state index in [9.17, 15) is 5.26 Å². The maximum absolute atomic E-state index is 9.58. The molecule has 1 aromatic heterocycles. The maximum atomic E-state index is 9.58. The highest BCUT2D eigenvalue weighted by Crippen LogP contribution is 2.28. The van der Waals surface area contributed by atoms with E-state index in [1.54, 1.807) is 6.20 Å². The number of benzene rings is 3. The quantitative estimate of drug-likeness (QED) is 0.381. The third-order valence-corrected chi connectivity index (χ3v) is 5.54. The molecule has 0 saturated carbocycles. The van der Waals surface area contributed by atoms with Gasteiger partial charge in [0, 0.05) is 22.8 Å². The molecule has 0 spiro atoms. The van der Waals surface area contributed by atoms with Crippen molar-refractivity contribution in [3.05, 3.63) is 101 Å². The van der Waals surface area contributed by atoms with E-state index in [0.717, 1.165) is 22.5 Å². The molecule has 0 bridgehead atoms. The number of hydrogen-bond acceptors (Lipinski definition) is 4. The predicted molar refractivity (Wildman–Crippen MR) is 121 cm³/mol. The highest BCUT2D eigenvalue weighted by Gasteiger charge is 2.09. The molecular formula is C25H19N3S. The Morgan fingerprint density at radius 2 is 1.55 bits per heavy atom. The number of allylic oxidation sites excluding steroid dienone is 1. The van der Waals surface area contributed by atoms with Crippen molar-refractivity contribution in [1.82, 2.24) is 4.98 Å². The van der Waals surface area contributed by atoms with Gasteiger partial charge in [-0.25, -0.2) is 4.98 Å². The molecule has 0 fully saturated rings. The van der Waals surface area contributed by atoms with E-state index in [2.05, 4.69) is 52.8 Å². The topological polar surface area (TPSA) is 48.7 Å². The van der Waals surface area contributed by atoms with Gasteiger partial charge in [-0.3, -0.25) is 0 Å². The molecule has 4 rings (SSSR count). The van der Waals surface area contributed by atoms with E-state index in [-0.39, 0.29) is 0 Å². The number of nitrogens with zero attached hydrogens (tertiary/aromatic N) is 2. The van der Waals surface area contributed by atoms with Gasteiger partial charge in [0.25, 0.3) is 0 Å². The Morgan fingerprint density at radius 1 is 0.897 bits per heavy atom. The fourth-order valence-electron chi connectivity index (χ4n) is 3.02. The first-order chi connectivity index (χ1) is 14.2. The summed E-state index contributed by atoms with van der Waals surface area (Å²) in [7, 11) is 0. The lowest BCUT2D eigenvalue weighted by Gasteiger charge is -2.05. The van der Waals surface area contributed by atoms with Gasteiger partial charge in [0.2, 0.25) is 0 Å². The molecule has 29 heavy (non-hydrogen) atoms. The zero-order valence-corrected chi connectivity index (χ0v) is 16.8. The molecule has 0 atom stereocenters. The Labute approximate surface area is 174 Å². The molecule has 0 aliphatic rings. The number of thiazole rings is 1. The lowest BCUT2D eigenvalue weighted by atomic mass is 10.0. The average Bonchev–Trinajstić information content (AvgIpc) is 3.26. The van der Waals surface area contributed by atoms with Crippen molar-refractivity contribution in [3.8, 4) is 28.5 Å². The largest absolute Gasteiger partial charge is 0.360 e. The van der Waals surface area contributed by atoms with Gasteiger partial charge in [-0.05, 0) is 29.7 Å². The van der Waals surface area contributed by atoms with Crippen LogP contribution in [0.15, 0.2) is 90.4 Å². The van der Waals surface area contributed by atoms with Crippen molar-refractivity contribution in [2.45, 2.75) is 6.92 Å². The van der Waals surface area contributed by atoms with E-state index in [1.165, 1.54) is 22.5 Å². The summed E-state index contributed by atoms with van der Waals surface area (Å²) in [5.41, 5.74) is 6.90. The van der Waals surface area contributed by atoms with Crippen molar-refractivity contribution in [2.75, 3.05) is 5.32 Å². The fourth-order valence-corrected chi connectivity index (χ4v) is 3.82. The lowest BCUT2D eigenvalue weighted by molar-refractivity contribution is 1.36. The molecule has 140 valence electrons. The number of rotatable bonds is 5. The van der Waals surface area contributed by atoms with E-state index < -0.39 is 0 Å². The van der Waals surface area contributed by atoms with Gasteiger partial charge < -0.3 is 5.32 Å². The van der Waals surface area contributed by atoms with Crippen molar-refractivity contribution in [3.63, 3.8) is 0 Å². The summed E-state index contributed by atoms with van der Waals surface area (Å²) < 4.78 is 0. The zero-order chi connectivity index (χ0) is 20.1. The summed E-state index contributed by atoms with van der Waals surface area (Å²) in [4.78, 5) is 4.68. The van der Waals surface area contributed by atoms with Crippen molar-refractivity contribution >= 4 is 22.6 Å². The minimum absolute atomic E-state index is 0.519. The first-order valence-corrected chi connectivity index (χ1v) is 10.2. The van der Waals surface area contributed by atoms with Gasteiger partial charge in [0.1, 0.15) is 16.6 Å². The van der Waals surface area contributed by atoms with Gasteiger partial charge in [-0.1, -0.05) is 72.8 Å². The van der Waals surface area contributed by atoms with Gasteiger partial charge in [0.15, 0.2) is 0 Å². The predicted octanol–water partition coefficient (Wildman–Crippen LogP) is 6.76. The smallest absolute Gasteiger partial charge is 0.136 e. The average molecular weight is 394 g/mol. The number of aromatic nitrogens is 1. The van der Waals surface area contributed by atoms with Crippen molar-refractivity contribution < 1.29 is 0 Å². The summed E-state index contributed by atoms with van der Waals surface area (Å²) in [6, 6.07) is 28.9. The molecule has 0 saturated heterocycles. The molecule has 0 amide bonds. The Bertz CT molecular complexity index is 1180. The van der Waals surface area contributed by atoms with Crippen LogP contribution in [0.5, 0.6) is 0 Å². The molecule has 0 aliphatic carbocycles. The summed E-state index contributed by atoms with van der Waals surface area (Å²) in [5.74, 6) is 0. The van der Waals surface area contributed by atoms with Crippen LogP contribution in [0.3, 0.4) is 0 Å². The van der Waals surface area contributed by atoms with E-state index in [1.807, 2.05) is 54.8 Å². The Balaban J connectivity index is 1.55. The highest BCUT2D eigenvalue weighted by molar-refractivity contribution is 7.11. The highest BCUT2D eigenvalue weighted by atomic mass is 32.1. The second-order valence-electron chi connectivity index (χ2n) is 6.61. The molecule has 3 aromatic carbocycles. The van der Waals surface area contributed by atoms with Crippen molar-refractivity contribution in [1.29, 1.82) is 5.26 Å². The number of aryl methyl sites for hydroxylation is 1. The van der Waals surface area contributed by atoms with Gasteiger partial charge in [0.05, 0.1) is 5.69 Å². The van der Waals surface area contributed by atoms with Gasteiger partial charge in [-0.2, -0.15) is 5.26 Å². The standard InChI is InChI=1S/C25H19N3S/c1-18-7-5-6-10-23(18)27-16-22(15-26)25-28-24(17-29-25)21-13-11-20(12-14-21)19-8-3-2-4-9-19/h2-14,16-17,27H,1H3. The fraction of sp³-hybridized carbons (Fsp3) is 0.0400. The molecule has 4 aromatic rings. The van der Waals surface area contributed by atoms with Crippen LogP contribution in [0.2, 0.25) is 0 Å². The molecule has 3 nitrogen and oxygen atoms in total. The van der Waals surface area contributed by atoms with Crippen LogP contribution < -0.4 is 5.32 Å². The molecule has 0 aliphatic heterocycles. The molecule has 0 unspecified atom stereocenters. The maximum Gasteiger partial charge on any atom is 0.136 e. The SMILES string of the molecule is Cc1ccccc1NC=C(C#N)c1nc(-c2ccc(-c3ccccc3)cc2)cs1.